The molecule has 3 nitrogen and oxygen atoms in total. The number of carbonyl (C=O) groups excluding carboxylic acids is 1. The van der Waals surface area contributed by atoms with E-state index in [1.54, 1.807) is 0 Å². The van der Waals surface area contributed by atoms with Crippen molar-refractivity contribution in [3.63, 3.8) is 0 Å². The number of benzene rings is 2. The number of nitrogens with zero attached hydrogens (tertiary/aromatic N) is 1. The molecule has 1 aliphatic rings. The fourth-order valence-electron chi connectivity index (χ4n) is 3.28. The summed E-state index contributed by atoms with van der Waals surface area (Å²) < 4.78 is 0. The minimum atomic E-state index is 0.0125. The van der Waals surface area contributed by atoms with E-state index in [9.17, 15) is 4.79 Å². The SMILES string of the molecule is CC(CNC(=O)c1ccc(-c2ccccc2)cc1)N1CCCCC1. The van der Waals surface area contributed by atoms with Crippen molar-refractivity contribution in [1.82, 2.24) is 10.2 Å². The lowest BCUT2D eigenvalue weighted by Gasteiger charge is -2.32. The summed E-state index contributed by atoms with van der Waals surface area (Å²) in [7, 11) is 0. The van der Waals surface area contributed by atoms with E-state index in [-0.39, 0.29) is 5.91 Å². The summed E-state index contributed by atoms with van der Waals surface area (Å²) in [4.78, 5) is 14.8. The molecule has 126 valence electrons. The molecule has 0 spiro atoms. The van der Waals surface area contributed by atoms with E-state index < -0.39 is 0 Å². The van der Waals surface area contributed by atoms with E-state index in [1.165, 1.54) is 24.8 Å². The molecule has 1 aliphatic heterocycles. The van der Waals surface area contributed by atoms with Crippen LogP contribution in [0.4, 0.5) is 0 Å². The summed E-state index contributed by atoms with van der Waals surface area (Å²) in [6.45, 7) is 5.22. The number of piperidine rings is 1. The molecule has 3 rings (SSSR count). The maximum atomic E-state index is 12.4. The fraction of sp³-hybridized carbons (Fsp3) is 0.381. The van der Waals surface area contributed by atoms with Crippen molar-refractivity contribution < 1.29 is 4.79 Å². The highest BCUT2D eigenvalue weighted by atomic mass is 16.1. The van der Waals surface area contributed by atoms with Gasteiger partial charge in [0.05, 0.1) is 0 Å². The maximum absolute atomic E-state index is 12.4. The van der Waals surface area contributed by atoms with Crippen LogP contribution >= 0.6 is 0 Å². The van der Waals surface area contributed by atoms with Gasteiger partial charge in [0.2, 0.25) is 0 Å². The lowest BCUT2D eigenvalue weighted by molar-refractivity contribution is 0.0930. The molecule has 24 heavy (non-hydrogen) atoms. The van der Waals surface area contributed by atoms with Gasteiger partial charge in [-0.15, -0.1) is 0 Å². The molecule has 1 fully saturated rings. The van der Waals surface area contributed by atoms with Crippen LogP contribution in [-0.2, 0) is 0 Å². The predicted octanol–water partition coefficient (Wildman–Crippen LogP) is 3.96. The second-order valence-corrected chi connectivity index (χ2v) is 6.60. The number of likely N-dealkylation sites (tertiary alicyclic amines) is 1. The van der Waals surface area contributed by atoms with Crippen molar-refractivity contribution in [2.45, 2.75) is 32.2 Å². The molecule has 1 N–H and O–H groups in total. The van der Waals surface area contributed by atoms with Gasteiger partial charge in [0, 0.05) is 18.2 Å². The van der Waals surface area contributed by atoms with Crippen molar-refractivity contribution in [2.24, 2.45) is 0 Å². The first-order valence-electron chi connectivity index (χ1n) is 8.92. The summed E-state index contributed by atoms with van der Waals surface area (Å²) in [5.41, 5.74) is 3.03. The molecular formula is C21H26N2O. The molecule has 0 bridgehead atoms. The lowest BCUT2D eigenvalue weighted by Crippen LogP contribution is -2.44. The van der Waals surface area contributed by atoms with Gasteiger partial charge in [-0.25, -0.2) is 0 Å². The molecule has 0 aromatic heterocycles. The third-order valence-electron chi connectivity index (χ3n) is 4.83. The first-order chi connectivity index (χ1) is 11.7. The fourth-order valence-corrected chi connectivity index (χ4v) is 3.28. The third kappa shape index (κ3) is 4.24. The Hall–Kier alpha value is -2.13. The average molecular weight is 322 g/mol. The zero-order valence-corrected chi connectivity index (χ0v) is 14.4. The number of carbonyl (C=O) groups is 1. The van der Waals surface area contributed by atoms with Gasteiger partial charge in [0.15, 0.2) is 0 Å². The number of rotatable bonds is 5. The highest BCUT2D eigenvalue weighted by Gasteiger charge is 2.17. The number of hydrogen-bond acceptors (Lipinski definition) is 2. The number of nitrogens with one attached hydrogen (secondary N) is 1. The summed E-state index contributed by atoms with van der Waals surface area (Å²) in [5, 5.41) is 3.07. The summed E-state index contributed by atoms with van der Waals surface area (Å²) in [5.74, 6) is 0.0125. The second kappa shape index (κ2) is 8.11. The van der Waals surface area contributed by atoms with Crippen molar-refractivity contribution in [3.05, 3.63) is 60.2 Å². The van der Waals surface area contributed by atoms with Gasteiger partial charge in [-0.1, -0.05) is 48.9 Å². The van der Waals surface area contributed by atoms with Crippen molar-refractivity contribution >= 4 is 5.91 Å². The molecule has 3 heteroatoms. The van der Waals surface area contributed by atoms with E-state index in [0.29, 0.717) is 12.6 Å². The summed E-state index contributed by atoms with van der Waals surface area (Å²) in [6, 6.07) is 18.5. The van der Waals surface area contributed by atoms with Crippen LogP contribution in [0.1, 0.15) is 36.5 Å². The van der Waals surface area contributed by atoms with Gasteiger partial charge in [-0.05, 0) is 56.1 Å². The first kappa shape index (κ1) is 16.7. The first-order valence-corrected chi connectivity index (χ1v) is 8.92. The highest BCUT2D eigenvalue weighted by Crippen LogP contribution is 2.19. The van der Waals surface area contributed by atoms with Crippen LogP contribution in [0.15, 0.2) is 54.6 Å². The van der Waals surface area contributed by atoms with E-state index in [1.807, 2.05) is 42.5 Å². The lowest BCUT2D eigenvalue weighted by atomic mass is 10.0. The van der Waals surface area contributed by atoms with Crippen LogP contribution in [0, 0.1) is 0 Å². The molecule has 2 aromatic carbocycles. The minimum absolute atomic E-state index is 0.0125. The normalized spacial score (nSPS) is 16.5. The smallest absolute Gasteiger partial charge is 0.251 e. The Labute approximate surface area is 144 Å². The van der Waals surface area contributed by atoms with Crippen molar-refractivity contribution in [2.75, 3.05) is 19.6 Å². The van der Waals surface area contributed by atoms with Crippen molar-refractivity contribution in [3.8, 4) is 11.1 Å². The largest absolute Gasteiger partial charge is 0.350 e. The van der Waals surface area contributed by atoms with E-state index in [0.717, 1.165) is 24.2 Å². The molecule has 2 aromatic rings. The standard InChI is InChI=1S/C21H26N2O/c1-17(23-14-6-3-7-15-23)16-22-21(24)20-12-10-19(11-13-20)18-8-4-2-5-9-18/h2,4-5,8-13,17H,3,6-7,14-16H2,1H3,(H,22,24). The molecular weight excluding hydrogens is 296 g/mol. The number of hydrogen-bond donors (Lipinski definition) is 1. The quantitative estimate of drug-likeness (QED) is 0.904. The highest BCUT2D eigenvalue weighted by molar-refractivity contribution is 5.94. The zero-order valence-electron chi connectivity index (χ0n) is 14.4. The van der Waals surface area contributed by atoms with Crippen LogP contribution in [0.25, 0.3) is 11.1 Å². The maximum Gasteiger partial charge on any atom is 0.251 e. The molecule has 1 unspecified atom stereocenters. The van der Waals surface area contributed by atoms with E-state index in [4.69, 9.17) is 0 Å². The molecule has 0 aliphatic carbocycles. The molecule has 1 amide bonds. The van der Waals surface area contributed by atoms with Gasteiger partial charge in [0.25, 0.3) is 5.91 Å². The molecule has 1 atom stereocenters. The average Bonchev–Trinajstić information content (AvgIpc) is 2.67. The van der Waals surface area contributed by atoms with Crippen LogP contribution in [0.3, 0.4) is 0 Å². The van der Waals surface area contributed by atoms with Crippen molar-refractivity contribution in [1.29, 1.82) is 0 Å². The number of amides is 1. The van der Waals surface area contributed by atoms with Gasteiger partial charge in [-0.2, -0.15) is 0 Å². The van der Waals surface area contributed by atoms with Crippen LogP contribution in [0.2, 0.25) is 0 Å². The Bertz CT molecular complexity index is 645. The van der Waals surface area contributed by atoms with Gasteiger partial charge >= 0.3 is 0 Å². The van der Waals surface area contributed by atoms with Gasteiger partial charge in [-0.3, -0.25) is 9.69 Å². The second-order valence-electron chi connectivity index (χ2n) is 6.60. The summed E-state index contributed by atoms with van der Waals surface area (Å²) in [6.07, 6.45) is 3.89. The molecule has 1 saturated heterocycles. The van der Waals surface area contributed by atoms with Gasteiger partial charge < -0.3 is 5.32 Å². The Kier molecular flexibility index (Phi) is 5.65. The Balaban J connectivity index is 1.55. The Morgan fingerprint density at radius 2 is 1.58 bits per heavy atom. The third-order valence-corrected chi connectivity index (χ3v) is 4.83. The predicted molar refractivity (Wildman–Crippen MR) is 99.1 cm³/mol. The van der Waals surface area contributed by atoms with Gasteiger partial charge in [0.1, 0.15) is 0 Å². The van der Waals surface area contributed by atoms with E-state index in [2.05, 4.69) is 29.3 Å². The molecule has 1 heterocycles. The Morgan fingerprint density at radius 1 is 0.958 bits per heavy atom. The monoisotopic (exact) mass is 322 g/mol. The summed E-state index contributed by atoms with van der Waals surface area (Å²) >= 11 is 0. The molecule has 0 radical (unpaired) electrons. The molecule has 0 saturated carbocycles. The minimum Gasteiger partial charge on any atom is -0.350 e. The zero-order chi connectivity index (χ0) is 16.8. The van der Waals surface area contributed by atoms with Crippen LogP contribution < -0.4 is 5.32 Å². The van der Waals surface area contributed by atoms with E-state index >= 15 is 0 Å². The topological polar surface area (TPSA) is 32.3 Å². The van der Waals surface area contributed by atoms with Crippen LogP contribution in [0.5, 0.6) is 0 Å². The van der Waals surface area contributed by atoms with Crippen LogP contribution in [-0.4, -0.2) is 36.5 Å². The Morgan fingerprint density at radius 3 is 2.25 bits per heavy atom.